The standard InChI is InChI=1S/C17H22O3/c18-17(10-9-14-5-1-2-11-19-14)13-4-3-6-16(12-13)20-15-7-8-15/h3-4,6,12,14-15H,1-2,5,7-11H2. The van der Waals surface area contributed by atoms with Crippen LogP contribution in [0.15, 0.2) is 24.3 Å². The first kappa shape index (κ1) is 13.6. The second-order valence-electron chi connectivity index (χ2n) is 5.80. The molecule has 3 nitrogen and oxygen atoms in total. The molecule has 0 radical (unpaired) electrons. The molecule has 1 saturated carbocycles. The monoisotopic (exact) mass is 274 g/mol. The molecule has 0 bridgehead atoms. The topological polar surface area (TPSA) is 35.5 Å². The molecule has 1 aliphatic carbocycles. The molecule has 1 unspecified atom stereocenters. The van der Waals surface area contributed by atoms with Gasteiger partial charge in [-0.1, -0.05) is 12.1 Å². The molecule has 2 aliphatic rings. The zero-order valence-corrected chi connectivity index (χ0v) is 11.8. The number of Topliss-reactive ketones (excluding diaryl/α,β-unsaturated/α-hetero) is 1. The molecule has 1 aliphatic heterocycles. The van der Waals surface area contributed by atoms with Crippen LogP contribution < -0.4 is 4.74 Å². The fourth-order valence-electron chi connectivity index (χ4n) is 2.59. The highest BCUT2D eigenvalue weighted by Crippen LogP contribution is 2.27. The summed E-state index contributed by atoms with van der Waals surface area (Å²) in [5.41, 5.74) is 0.763. The summed E-state index contributed by atoms with van der Waals surface area (Å²) in [4.78, 5) is 12.2. The third kappa shape index (κ3) is 3.83. The second-order valence-corrected chi connectivity index (χ2v) is 5.80. The minimum absolute atomic E-state index is 0.195. The fraction of sp³-hybridized carbons (Fsp3) is 0.588. The van der Waals surface area contributed by atoms with Crippen LogP contribution in [-0.2, 0) is 4.74 Å². The van der Waals surface area contributed by atoms with Crippen LogP contribution in [0, 0.1) is 0 Å². The Kier molecular flexibility index (Phi) is 4.36. The molecule has 0 aromatic heterocycles. The summed E-state index contributed by atoms with van der Waals surface area (Å²) in [6.07, 6.45) is 7.81. The molecule has 20 heavy (non-hydrogen) atoms. The Morgan fingerprint density at radius 3 is 2.90 bits per heavy atom. The third-order valence-corrected chi connectivity index (χ3v) is 3.95. The highest BCUT2D eigenvalue weighted by atomic mass is 16.5. The number of carbonyl (C=O) groups excluding carboxylic acids is 1. The Bertz CT molecular complexity index is 459. The van der Waals surface area contributed by atoms with Gasteiger partial charge in [0, 0.05) is 18.6 Å². The normalized spacial score (nSPS) is 22.5. The van der Waals surface area contributed by atoms with Gasteiger partial charge in [0.2, 0.25) is 0 Å². The maximum absolute atomic E-state index is 12.2. The maximum Gasteiger partial charge on any atom is 0.163 e. The van der Waals surface area contributed by atoms with Gasteiger partial charge in [-0.25, -0.2) is 0 Å². The lowest BCUT2D eigenvalue weighted by atomic mass is 10.0. The van der Waals surface area contributed by atoms with Crippen molar-refractivity contribution in [1.82, 2.24) is 0 Å². The van der Waals surface area contributed by atoms with Crippen LogP contribution in [0.5, 0.6) is 5.75 Å². The van der Waals surface area contributed by atoms with Gasteiger partial charge in [0.15, 0.2) is 5.78 Å². The molecular formula is C17H22O3. The van der Waals surface area contributed by atoms with Crippen molar-refractivity contribution >= 4 is 5.78 Å². The van der Waals surface area contributed by atoms with Crippen molar-refractivity contribution in [3.63, 3.8) is 0 Å². The Morgan fingerprint density at radius 1 is 1.25 bits per heavy atom. The smallest absolute Gasteiger partial charge is 0.163 e. The molecule has 0 spiro atoms. The Morgan fingerprint density at radius 2 is 2.15 bits per heavy atom. The van der Waals surface area contributed by atoms with Crippen LogP contribution >= 0.6 is 0 Å². The van der Waals surface area contributed by atoms with Gasteiger partial charge in [-0.05, 0) is 50.7 Å². The first-order valence-electron chi connectivity index (χ1n) is 7.73. The Balaban J connectivity index is 1.52. The van der Waals surface area contributed by atoms with Crippen LogP contribution in [0.4, 0.5) is 0 Å². The maximum atomic E-state index is 12.2. The molecule has 0 amide bonds. The van der Waals surface area contributed by atoms with Gasteiger partial charge >= 0.3 is 0 Å². The number of hydrogen-bond acceptors (Lipinski definition) is 3. The predicted octanol–water partition coefficient (Wildman–Crippen LogP) is 3.76. The van der Waals surface area contributed by atoms with Gasteiger partial charge in [-0.3, -0.25) is 4.79 Å². The molecule has 1 atom stereocenters. The van der Waals surface area contributed by atoms with Crippen molar-refractivity contribution in [2.24, 2.45) is 0 Å². The largest absolute Gasteiger partial charge is 0.490 e. The van der Waals surface area contributed by atoms with E-state index in [1.54, 1.807) is 0 Å². The first-order valence-corrected chi connectivity index (χ1v) is 7.73. The third-order valence-electron chi connectivity index (χ3n) is 3.95. The van der Waals surface area contributed by atoms with Gasteiger partial charge in [-0.2, -0.15) is 0 Å². The number of rotatable bonds is 6. The molecule has 3 heteroatoms. The van der Waals surface area contributed by atoms with E-state index in [9.17, 15) is 4.79 Å². The highest BCUT2D eigenvalue weighted by molar-refractivity contribution is 5.96. The highest BCUT2D eigenvalue weighted by Gasteiger charge is 2.23. The van der Waals surface area contributed by atoms with Crippen molar-refractivity contribution in [2.45, 2.75) is 57.2 Å². The summed E-state index contributed by atoms with van der Waals surface area (Å²) < 4.78 is 11.4. The van der Waals surface area contributed by atoms with E-state index in [-0.39, 0.29) is 11.9 Å². The zero-order chi connectivity index (χ0) is 13.8. The number of carbonyl (C=O) groups is 1. The van der Waals surface area contributed by atoms with E-state index in [0.29, 0.717) is 12.5 Å². The summed E-state index contributed by atoms with van der Waals surface area (Å²) in [5.74, 6) is 1.02. The lowest BCUT2D eigenvalue weighted by Gasteiger charge is -2.22. The molecule has 0 N–H and O–H groups in total. The van der Waals surface area contributed by atoms with E-state index in [1.807, 2.05) is 24.3 Å². The van der Waals surface area contributed by atoms with E-state index in [2.05, 4.69) is 0 Å². The van der Waals surface area contributed by atoms with E-state index < -0.39 is 0 Å². The second kappa shape index (κ2) is 6.40. The lowest BCUT2D eigenvalue weighted by molar-refractivity contribution is 0.0104. The number of benzene rings is 1. The number of ether oxygens (including phenoxy) is 2. The van der Waals surface area contributed by atoms with Crippen LogP contribution in [-0.4, -0.2) is 24.6 Å². The van der Waals surface area contributed by atoms with E-state index in [4.69, 9.17) is 9.47 Å². The summed E-state index contributed by atoms with van der Waals surface area (Å²) in [6, 6.07) is 7.59. The average molecular weight is 274 g/mol. The van der Waals surface area contributed by atoms with Gasteiger partial charge < -0.3 is 9.47 Å². The summed E-state index contributed by atoms with van der Waals surface area (Å²) in [7, 11) is 0. The Labute approximate surface area is 120 Å². The lowest BCUT2D eigenvalue weighted by Crippen LogP contribution is -2.20. The number of ketones is 1. The van der Waals surface area contributed by atoms with Crippen molar-refractivity contribution in [3.8, 4) is 5.75 Å². The van der Waals surface area contributed by atoms with Gasteiger partial charge in [-0.15, -0.1) is 0 Å². The van der Waals surface area contributed by atoms with E-state index in [1.165, 1.54) is 6.42 Å². The molecule has 3 rings (SSSR count). The molecule has 1 aromatic rings. The summed E-state index contributed by atoms with van der Waals surface area (Å²) in [6.45, 7) is 0.851. The minimum Gasteiger partial charge on any atom is -0.490 e. The van der Waals surface area contributed by atoms with Gasteiger partial charge in [0.25, 0.3) is 0 Å². The van der Waals surface area contributed by atoms with Crippen LogP contribution in [0.2, 0.25) is 0 Å². The fourth-order valence-corrected chi connectivity index (χ4v) is 2.59. The minimum atomic E-state index is 0.195. The predicted molar refractivity (Wildman–Crippen MR) is 77.2 cm³/mol. The van der Waals surface area contributed by atoms with E-state index >= 15 is 0 Å². The van der Waals surface area contributed by atoms with E-state index in [0.717, 1.165) is 50.0 Å². The quantitative estimate of drug-likeness (QED) is 0.741. The molecule has 2 fully saturated rings. The molecule has 1 saturated heterocycles. The SMILES string of the molecule is O=C(CCC1CCCCO1)c1cccc(OC2CC2)c1. The summed E-state index contributed by atoms with van der Waals surface area (Å²) in [5, 5.41) is 0. The van der Waals surface area contributed by atoms with Crippen LogP contribution in [0.1, 0.15) is 55.3 Å². The van der Waals surface area contributed by atoms with Crippen LogP contribution in [0.25, 0.3) is 0 Å². The van der Waals surface area contributed by atoms with Gasteiger partial charge in [0.05, 0.1) is 12.2 Å². The average Bonchev–Trinajstić information content (AvgIpc) is 3.30. The van der Waals surface area contributed by atoms with Gasteiger partial charge in [0.1, 0.15) is 5.75 Å². The van der Waals surface area contributed by atoms with Crippen molar-refractivity contribution in [3.05, 3.63) is 29.8 Å². The summed E-state index contributed by atoms with van der Waals surface area (Å²) >= 11 is 0. The first-order chi connectivity index (χ1) is 9.81. The number of hydrogen-bond donors (Lipinski definition) is 0. The molecule has 1 aromatic carbocycles. The Hall–Kier alpha value is -1.35. The van der Waals surface area contributed by atoms with Crippen molar-refractivity contribution in [2.75, 3.05) is 6.61 Å². The molecular weight excluding hydrogens is 252 g/mol. The van der Waals surface area contributed by atoms with Crippen LogP contribution in [0.3, 0.4) is 0 Å². The van der Waals surface area contributed by atoms with Crippen molar-refractivity contribution in [1.29, 1.82) is 0 Å². The van der Waals surface area contributed by atoms with Crippen molar-refractivity contribution < 1.29 is 14.3 Å². The molecule has 1 heterocycles. The zero-order valence-electron chi connectivity index (χ0n) is 11.8. The molecule has 108 valence electrons.